The number of amides is 1. The van der Waals surface area contributed by atoms with Crippen molar-refractivity contribution in [1.29, 1.82) is 0 Å². The molecule has 3 saturated carbocycles. The van der Waals surface area contributed by atoms with Crippen molar-refractivity contribution in [3.8, 4) is 0 Å². The van der Waals surface area contributed by atoms with Gasteiger partial charge in [0.1, 0.15) is 12.2 Å². The molecule has 10 atom stereocenters. The maximum absolute atomic E-state index is 14.7. The molecule has 12 nitrogen and oxygen atoms in total. The Morgan fingerprint density at radius 2 is 1.70 bits per heavy atom. The van der Waals surface area contributed by atoms with Gasteiger partial charge in [0.2, 0.25) is 0 Å². The Morgan fingerprint density at radius 3 is 2.28 bits per heavy atom. The van der Waals surface area contributed by atoms with Crippen LogP contribution in [0.25, 0.3) is 0 Å². The topological polar surface area (TPSA) is 175 Å². The molecular formula is C34H45NO11. The van der Waals surface area contributed by atoms with Crippen LogP contribution in [0.15, 0.2) is 30.3 Å². The van der Waals surface area contributed by atoms with Crippen molar-refractivity contribution in [2.24, 2.45) is 28.6 Å². The number of ether oxygens (including phenoxy) is 4. The molecule has 12 heteroatoms. The lowest BCUT2D eigenvalue weighted by atomic mass is 9.43. The van der Waals surface area contributed by atoms with Gasteiger partial charge in [0, 0.05) is 62.0 Å². The minimum Gasteiger partial charge on any atom is -0.462 e. The number of hydrogen-bond donors (Lipinski definition) is 3. The summed E-state index contributed by atoms with van der Waals surface area (Å²) >= 11 is 0. The molecule has 2 bridgehead atoms. The van der Waals surface area contributed by atoms with E-state index in [0.717, 1.165) is 0 Å². The molecule has 4 fully saturated rings. The van der Waals surface area contributed by atoms with Crippen molar-refractivity contribution in [2.75, 3.05) is 13.2 Å². The van der Waals surface area contributed by atoms with Crippen LogP contribution in [0, 0.1) is 28.6 Å². The largest absolute Gasteiger partial charge is 0.462 e. The molecule has 1 aliphatic heterocycles. The molecule has 0 aromatic heterocycles. The third-order valence-corrected chi connectivity index (χ3v) is 11.4. The summed E-state index contributed by atoms with van der Waals surface area (Å²) in [5.41, 5.74) is -5.13. The van der Waals surface area contributed by atoms with Gasteiger partial charge in [-0.05, 0) is 25.5 Å². The summed E-state index contributed by atoms with van der Waals surface area (Å²) in [5.74, 6) is -5.09. The number of carbonyl (C=O) groups is 5. The van der Waals surface area contributed by atoms with Gasteiger partial charge in [-0.1, -0.05) is 39.0 Å². The SMILES string of the molecule is CC(=O)O[C@H]1C(=O)[C@@]2(C)[C@H](C[C@]3(O)C[C@H](OC(=O)CCNC(=O)c4ccccc4)C(C)C1C3(C)C)[C@]1(OC(C)=O)CO[C@@H]1C[C@@H]2O. The molecule has 2 unspecified atom stereocenters. The summed E-state index contributed by atoms with van der Waals surface area (Å²) in [6.45, 7) is 9.41. The van der Waals surface area contributed by atoms with Gasteiger partial charge in [-0.25, -0.2) is 0 Å². The highest BCUT2D eigenvalue weighted by Crippen LogP contribution is 2.64. The van der Waals surface area contributed by atoms with Crippen molar-refractivity contribution in [1.82, 2.24) is 5.32 Å². The van der Waals surface area contributed by atoms with Gasteiger partial charge in [-0.15, -0.1) is 0 Å². The summed E-state index contributed by atoms with van der Waals surface area (Å²) in [6.07, 6.45) is -4.46. The molecule has 3 aliphatic carbocycles. The van der Waals surface area contributed by atoms with Gasteiger partial charge < -0.3 is 34.5 Å². The summed E-state index contributed by atoms with van der Waals surface area (Å²) in [6, 6.07) is 8.57. The van der Waals surface area contributed by atoms with Crippen molar-refractivity contribution >= 4 is 29.6 Å². The lowest BCUT2D eigenvalue weighted by molar-refractivity contribution is -0.334. The number of carbonyl (C=O) groups excluding carboxylic acids is 5. The van der Waals surface area contributed by atoms with Gasteiger partial charge in [0.25, 0.3) is 5.91 Å². The lowest BCUT2D eigenvalue weighted by Gasteiger charge is -2.67. The second-order valence-corrected chi connectivity index (χ2v) is 14.3. The number of hydrogen-bond acceptors (Lipinski definition) is 11. The van der Waals surface area contributed by atoms with Crippen LogP contribution in [-0.2, 0) is 38.1 Å². The minimum absolute atomic E-state index is 0.0158. The first-order valence-electron chi connectivity index (χ1n) is 15.9. The summed E-state index contributed by atoms with van der Waals surface area (Å²) in [5, 5.41) is 26.9. The molecule has 0 spiro atoms. The van der Waals surface area contributed by atoms with Crippen LogP contribution in [0.5, 0.6) is 0 Å². The van der Waals surface area contributed by atoms with Crippen molar-refractivity contribution in [2.45, 2.75) is 103 Å². The average molecular weight is 644 g/mol. The Bertz CT molecular complexity index is 1400. The van der Waals surface area contributed by atoms with E-state index in [1.54, 1.807) is 58.0 Å². The Labute approximate surface area is 268 Å². The van der Waals surface area contributed by atoms with E-state index in [1.807, 2.05) is 0 Å². The molecule has 1 amide bonds. The van der Waals surface area contributed by atoms with Gasteiger partial charge in [-0.3, -0.25) is 24.0 Å². The zero-order valence-corrected chi connectivity index (χ0v) is 27.2. The fourth-order valence-electron chi connectivity index (χ4n) is 8.74. The zero-order chi connectivity index (χ0) is 33.8. The molecular weight excluding hydrogens is 598 g/mol. The molecule has 1 saturated heterocycles. The van der Waals surface area contributed by atoms with Crippen molar-refractivity contribution in [3.05, 3.63) is 35.9 Å². The Hall–Kier alpha value is -3.35. The van der Waals surface area contributed by atoms with Crippen LogP contribution in [0.3, 0.4) is 0 Å². The predicted octanol–water partition coefficient (Wildman–Crippen LogP) is 2.12. The molecule has 5 rings (SSSR count). The first-order valence-corrected chi connectivity index (χ1v) is 15.9. The molecule has 46 heavy (non-hydrogen) atoms. The number of esters is 3. The van der Waals surface area contributed by atoms with Crippen LogP contribution in [0.2, 0.25) is 0 Å². The number of Topliss-reactive ketones (excluding diaryl/α,β-unsaturated/α-hetero) is 1. The molecule has 1 aromatic carbocycles. The number of aliphatic hydroxyl groups excluding tert-OH is 1. The number of fused-ring (bicyclic) bond motifs is 5. The fourth-order valence-corrected chi connectivity index (χ4v) is 8.74. The standard InChI is InChI=1S/C34H45NO11/c1-18-22(45-26(39)12-13-35-30(41)21-10-8-7-9-11-21)15-33(42)16-23-32(6,24(38)14-25-34(23,17-43-25)46-20(3)37)29(40)28(44-19(2)36)27(18)31(33,4)5/h7-11,18,22-25,27-28,38,42H,12-17H2,1-6H3,(H,35,41)/t18?,22-,23-,24-,25+,27?,28+,32-,33+,34+/m0/s1. The highest BCUT2D eigenvalue weighted by Gasteiger charge is 2.75. The van der Waals surface area contributed by atoms with Gasteiger partial charge in [-0.2, -0.15) is 0 Å². The van der Waals surface area contributed by atoms with Crippen LogP contribution in [0.1, 0.15) is 77.6 Å². The average Bonchev–Trinajstić information content (AvgIpc) is 2.97. The van der Waals surface area contributed by atoms with E-state index in [-0.39, 0.29) is 44.7 Å². The monoisotopic (exact) mass is 643 g/mol. The fraction of sp³-hybridized carbons (Fsp3) is 0.676. The Kier molecular flexibility index (Phi) is 8.89. The third kappa shape index (κ3) is 5.41. The van der Waals surface area contributed by atoms with E-state index in [0.29, 0.717) is 5.56 Å². The molecule has 1 aromatic rings. The Morgan fingerprint density at radius 1 is 1.02 bits per heavy atom. The molecule has 1 heterocycles. The minimum atomic E-state index is -1.63. The van der Waals surface area contributed by atoms with Crippen LogP contribution in [0.4, 0.5) is 0 Å². The summed E-state index contributed by atoms with van der Waals surface area (Å²) in [4.78, 5) is 65.2. The van der Waals surface area contributed by atoms with E-state index >= 15 is 0 Å². The molecule has 0 radical (unpaired) electrons. The van der Waals surface area contributed by atoms with Crippen LogP contribution < -0.4 is 5.32 Å². The highest BCUT2D eigenvalue weighted by atomic mass is 16.6. The van der Waals surface area contributed by atoms with Crippen LogP contribution >= 0.6 is 0 Å². The number of nitrogens with one attached hydrogen (secondary N) is 1. The van der Waals surface area contributed by atoms with E-state index in [9.17, 15) is 34.2 Å². The van der Waals surface area contributed by atoms with Crippen LogP contribution in [-0.4, -0.2) is 88.6 Å². The third-order valence-electron chi connectivity index (χ3n) is 11.4. The van der Waals surface area contributed by atoms with Gasteiger partial charge in [0.15, 0.2) is 17.5 Å². The summed E-state index contributed by atoms with van der Waals surface area (Å²) in [7, 11) is 0. The smallest absolute Gasteiger partial charge is 0.307 e. The normalized spacial score (nSPS) is 39.2. The van der Waals surface area contributed by atoms with Crippen molar-refractivity contribution in [3.63, 3.8) is 0 Å². The first-order chi connectivity index (χ1) is 21.5. The number of benzene rings is 1. The van der Waals surface area contributed by atoms with E-state index < -0.39 is 87.9 Å². The van der Waals surface area contributed by atoms with E-state index in [4.69, 9.17) is 18.9 Å². The van der Waals surface area contributed by atoms with Gasteiger partial charge >= 0.3 is 17.9 Å². The van der Waals surface area contributed by atoms with E-state index in [1.165, 1.54) is 13.8 Å². The maximum Gasteiger partial charge on any atom is 0.307 e. The number of rotatable bonds is 7. The first kappa shape index (κ1) is 34.0. The Balaban J connectivity index is 1.48. The lowest BCUT2D eigenvalue weighted by Crippen LogP contribution is -2.78. The second kappa shape index (κ2) is 12.0. The number of aliphatic hydroxyl groups is 2. The zero-order valence-electron chi connectivity index (χ0n) is 27.2. The highest BCUT2D eigenvalue weighted by molar-refractivity contribution is 5.94. The summed E-state index contributed by atoms with van der Waals surface area (Å²) < 4.78 is 23.4. The van der Waals surface area contributed by atoms with Gasteiger partial charge in [0.05, 0.1) is 30.1 Å². The quantitative estimate of drug-likeness (QED) is 0.293. The number of ketones is 1. The molecule has 3 N–H and O–H groups in total. The molecule has 4 aliphatic rings. The maximum atomic E-state index is 14.7. The molecule has 252 valence electrons. The second-order valence-electron chi connectivity index (χ2n) is 14.3. The van der Waals surface area contributed by atoms with E-state index in [2.05, 4.69) is 5.32 Å². The van der Waals surface area contributed by atoms with Crippen molar-refractivity contribution < 1.29 is 53.1 Å². The predicted molar refractivity (Wildman–Crippen MR) is 161 cm³/mol.